The molecule has 0 saturated carbocycles. The molecule has 1 fully saturated rings. The number of hydrogen-bond acceptors (Lipinski definition) is 5. The second-order valence-electron chi connectivity index (χ2n) is 5.00. The van der Waals surface area contributed by atoms with Crippen molar-refractivity contribution in [3.8, 4) is 11.5 Å². The molecule has 0 unspecified atom stereocenters. The number of carboxylic acids is 1. The topological polar surface area (TPSA) is 79.2 Å². The highest BCUT2D eigenvalue weighted by Crippen LogP contribution is 2.24. The number of piperidine rings is 1. The fourth-order valence-corrected chi connectivity index (χ4v) is 2.49. The van der Waals surface area contributed by atoms with Gasteiger partial charge < -0.3 is 10.0 Å². The highest BCUT2D eigenvalue weighted by molar-refractivity contribution is 5.93. The van der Waals surface area contributed by atoms with Gasteiger partial charge in [0, 0.05) is 25.5 Å². The largest absolute Gasteiger partial charge is 0.477 e. The summed E-state index contributed by atoms with van der Waals surface area (Å²) in [4.78, 5) is 26.2. The third-order valence-corrected chi connectivity index (χ3v) is 3.55. The smallest absolute Gasteiger partial charge is 0.341 e. The van der Waals surface area contributed by atoms with Crippen molar-refractivity contribution in [2.45, 2.75) is 19.3 Å². The molecule has 0 spiro atoms. The molecule has 0 atom stereocenters. The van der Waals surface area contributed by atoms with Crippen LogP contribution in [0.3, 0.4) is 0 Å². The lowest BCUT2D eigenvalue weighted by Gasteiger charge is -2.28. The number of aromatic carboxylic acids is 1. The Morgan fingerprint density at radius 2 is 1.95 bits per heavy atom. The number of carbonyl (C=O) groups is 1. The van der Waals surface area contributed by atoms with Gasteiger partial charge in [-0.15, -0.1) is 0 Å². The Morgan fingerprint density at radius 3 is 2.62 bits per heavy atom. The third-order valence-electron chi connectivity index (χ3n) is 3.55. The lowest BCUT2D eigenvalue weighted by molar-refractivity contribution is 0.0696. The lowest BCUT2D eigenvalue weighted by atomic mass is 10.1. The number of rotatable bonds is 3. The second-order valence-corrected chi connectivity index (χ2v) is 5.00. The number of hydrogen-bond donors (Lipinski definition) is 1. The fourth-order valence-electron chi connectivity index (χ4n) is 2.49. The van der Waals surface area contributed by atoms with Gasteiger partial charge in [-0.2, -0.15) is 0 Å². The molecule has 6 nitrogen and oxygen atoms in total. The Kier molecular flexibility index (Phi) is 3.77. The van der Waals surface area contributed by atoms with Crippen LogP contribution in [0.2, 0.25) is 0 Å². The van der Waals surface area contributed by atoms with Crippen LogP contribution < -0.4 is 4.90 Å². The monoisotopic (exact) mass is 284 g/mol. The van der Waals surface area contributed by atoms with E-state index in [9.17, 15) is 9.90 Å². The first-order valence-electron chi connectivity index (χ1n) is 7.02. The van der Waals surface area contributed by atoms with Crippen LogP contribution >= 0.6 is 0 Å². The van der Waals surface area contributed by atoms with Crippen LogP contribution in [0, 0.1) is 0 Å². The normalized spacial score (nSPS) is 15.0. The second kappa shape index (κ2) is 5.87. The molecule has 0 amide bonds. The van der Waals surface area contributed by atoms with E-state index in [0.29, 0.717) is 17.3 Å². The van der Waals surface area contributed by atoms with Crippen molar-refractivity contribution >= 4 is 11.8 Å². The average molecular weight is 284 g/mol. The van der Waals surface area contributed by atoms with E-state index in [1.807, 2.05) is 23.1 Å². The Morgan fingerprint density at radius 1 is 1.14 bits per heavy atom. The average Bonchev–Trinajstić information content (AvgIpc) is 2.56. The van der Waals surface area contributed by atoms with Crippen molar-refractivity contribution in [1.82, 2.24) is 15.0 Å². The fraction of sp³-hybridized carbons (Fsp3) is 0.333. The summed E-state index contributed by atoms with van der Waals surface area (Å²) in [6.45, 7) is 1.66. The van der Waals surface area contributed by atoms with Crippen molar-refractivity contribution in [2.75, 3.05) is 18.0 Å². The first-order chi connectivity index (χ1) is 10.3. The van der Waals surface area contributed by atoms with Crippen molar-refractivity contribution in [3.05, 3.63) is 36.2 Å². The summed E-state index contributed by atoms with van der Waals surface area (Å²) in [5, 5.41) is 9.34. The van der Waals surface area contributed by atoms with Gasteiger partial charge in [-0.3, -0.25) is 4.98 Å². The predicted octanol–water partition coefficient (Wildman–Crippen LogP) is 2.23. The van der Waals surface area contributed by atoms with Gasteiger partial charge in [0.2, 0.25) is 0 Å². The van der Waals surface area contributed by atoms with Gasteiger partial charge in [-0.1, -0.05) is 6.07 Å². The van der Waals surface area contributed by atoms with Crippen LogP contribution in [0.15, 0.2) is 30.6 Å². The Labute approximate surface area is 122 Å². The molecule has 0 aliphatic carbocycles. The molecular formula is C15H16N4O2. The molecule has 2 aromatic rings. The minimum Gasteiger partial charge on any atom is -0.477 e. The number of aromatic nitrogens is 3. The van der Waals surface area contributed by atoms with Crippen LogP contribution in [-0.4, -0.2) is 39.1 Å². The lowest BCUT2D eigenvalue weighted by Crippen LogP contribution is -2.32. The molecule has 3 rings (SSSR count). The van der Waals surface area contributed by atoms with E-state index in [0.717, 1.165) is 25.9 Å². The molecule has 108 valence electrons. The summed E-state index contributed by atoms with van der Waals surface area (Å²) in [6.07, 6.45) is 6.34. The van der Waals surface area contributed by atoms with Gasteiger partial charge in [-0.05, 0) is 31.4 Å². The van der Waals surface area contributed by atoms with Crippen molar-refractivity contribution < 1.29 is 9.90 Å². The van der Waals surface area contributed by atoms with E-state index >= 15 is 0 Å². The maximum Gasteiger partial charge on any atom is 0.341 e. The molecule has 3 heterocycles. The molecule has 0 aromatic carbocycles. The minimum absolute atomic E-state index is 0.150. The predicted molar refractivity (Wildman–Crippen MR) is 78.3 cm³/mol. The van der Waals surface area contributed by atoms with Gasteiger partial charge in [0.15, 0.2) is 5.82 Å². The molecule has 1 aliphatic heterocycles. The van der Waals surface area contributed by atoms with Crippen LogP contribution in [0.4, 0.5) is 5.82 Å². The zero-order valence-corrected chi connectivity index (χ0v) is 11.6. The van der Waals surface area contributed by atoms with Gasteiger partial charge in [-0.25, -0.2) is 14.8 Å². The van der Waals surface area contributed by atoms with Gasteiger partial charge in [0.1, 0.15) is 17.1 Å². The summed E-state index contributed by atoms with van der Waals surface area (Å²) in [5.41, 5.74) is 0.796. The summed E-state index contributed by atoms with van der Waals surface area (Å²) in [5.74, 6) is -0.0397. The van der Waals surface area contributed by atoms with E-state index in [1.54, 1.807) is 6.20 Å². The first kappa shape index (κ1) is 13.5. The Hall–Kier alpha value is -2.50. The number of nitrogens with zero attached hydrogens (tertiary/aromatic N) is 4. The van der Waals surface area contributed by atoms with E-state index in [1.165, 1.54) is 12.6 Å². The summed E-state index contributed by atoms with van der Waals surface area (Å²) in [6, 6.07) is 5.49. The first-order valence-corrected chi connectivity index (χ1v) is 7.02. The van der Waals surface area contributed by atoms with Crippen LogP contribution in [-0.2, 0) is 0 Å². The molecule has 2 aromatic heterocycles. The molecule has 6 heteroatoms. The van der Waals surface area contributed by atoms with Crippen molar-refractivity contribution in [2.24, 2.45) is 0 Å². The molecule has 1 saturated heterocycles. The van der Waals surface area contributed by atoms with Gasteiger partial charge >= 0.3 is 5.97 Å². The molecular weight excluding hydrogens is 268 g/mol. The zero-order valence-electron chi connectivity index (χ0n) is 11.6. The van der Waals surface area contributed by atoms with E-state index < -0.39 is 5.97 Å². The summed E-state index contributed by atoms with van der Waals surface area (Å²) < 4.78 is 0. The standard InChI is InChI=1S/C15H16N4O2/c20-15(21)11-10-17-13(12-6-2-3-7-16-12)18-14(11)19-8-4-1-5-9-19/h2-3,6-7,10H,1,4-5,8-9H2,(H,20,21). The van der Waals surface area contributed by atoms with Crippen LogP contribution in [0.5, 0.6) is 0 Å². The molecule has 0 radical (unpaired) electrons. The van der Waals surface area contributed by atoms with Crippen molar-refractivity contribution in [3.63, 3.8) is 0 Å². The number of anilines is 1. The molecule has 0 bridgehead atoms. The Bertz CT molecular complexity index is 639. The molecule has 1 N–H and O–H groups in total. The number of pyridine rings is 1. The number of carboxylic acid groups (broad SMARTS) is 1. The zero-order chi connectivity index (χ0) is 14.7. The van der Waals surface area contributed by atoms with Gasteiger partial charge in [0.25, 0.3) is 0 Å². The SMILES string of the molecule is O=C(O)c1cnc(-c2ccccn2)nc1N1CCCCC1. The Balaban J connectivity index is 2.03. The quantitative estimate of drug-likeness (QED) is 0.931. The van der Waals surface area contributed by atoms with Crippen LogP contribution in [0.25, 0.3) is 11.5 Å². The summed E-state index contributed by atoms with van der Waals surface area (Å²) >= 11 is 0. The maximum atomic E-state index is 11.4. The molecule has 1 aliphatic rings. The van der Waals surface area contributed by atoms with Gasteiger partial charge in [0.05, 0.1) is 0 Å². The third kappa shape index (κ3) is 2.84. The highest BCUT2D eigenvalue weighted by Gasteiger charge is 2.21. The minimum atomic E-state index is -0.997. The van der Waals surface area contributed by atoms with E-state index in [4.69, 9.17) is 0 Å². The maximum absolute atomic E-state index is 11.4. The van der Waals surface area contributed by atoms with Crippen LogP contribution in [0.1, 0.15) is 29.6 Å². The summed E-state index contributed by atoms with van der Waals surface area (Å²) in [7, 11) is 0. The van der Waals surface area contributed by atoms with E-state index in [2.05, 4.69) is 15.0 Å². The van der Waals surface area contributed by atoms with E-state index in [-0.39, 0.29) is 5.56 Å². The highest BCUT2D eigenvalue weighted by atomic mass is 16.4. The van der Waals surface area contributed by atoms with Crippen molar-refractivity contribution in [1.29, 1.82) is 0 Å². The molecule has 21 heavy (non-hydrogen) atoms.